The Kier molecular flexibility index (Phi) is 4.17. The molecule has 2 aromatic carbocycles. The third-order valence-corrected chi connectivity index (χ3v) is 5.07. The van der Waals surface area contributed by atoms with Crippen LogP contribution < -0.4 is 10.6 Å². The highest BCUT2D eigenvalue weighted by Gasteiger charge is 2.26. The van der Waals surface area contributed by atoms with E-state index in [1.54, 1.807) is 0 Å². The number of hydrogen-bond acceptors (Lipinski definition) is 3. The Labute approximate surface area is 144 Å². The number of amides is 2. The van der Waals surface area contributed by atoms with Crippen molar-refractivity contribution in [3.05, 3.63) is 59.1 Å². The van der Waals surface area contributed by atoms with Crippen molar-refractivity contribution in [3.63, 3.8) is 0 Å². The number of anilines is 1. The minimum absolute atomic E-state index is 0.188. The second kappa shape index (κ2) is 6.61. The first-order valence-electron chi connectivity index (χ1n) is 8.26. The van der Waals surface area contributed by atoms with E-state index in [1.165, 1.54) is 40.5 Å². The van der Waals surface area contributed by atoms with Gasteiger partial charge in [-0.2, -0.15) is 0 Å². The normalized spacial score (nSPS) is 13.8. The molecule has 1 aliphatic carbocycles. The molecule has 3 aromatic rings. The molecule has 24 heavy (non-hydrogen) atoms. The number of nitrogens with zero attached hydrogens (tertiary/aromatic N) is 1. The minimum atomic E-state index is -0.188. The van der Waals surface area contributed by atoms with E-state index in [2.05, 4.69) is 45.9 Å². The zero-order chi connectivity index (χ0) is 16.4. The van der Waals surface area contributed by atoms with Crippen molar-refractivity contribution >= 4 is 33.3 Å². The van der Waals surface area contributed by atoms with Crippen molar-refractivity contribution in [1.82, 2.24) is 10.3 Å². The van der Waals surface area contributed by atoms with Crippen LogP contribution in [0.1, 0.15) is 30.0 Å². The number of benzene rings is 2. The molecule has 0 aliphatic heterocycles. The molecule has 0 saturated heterocycles. The Balaban J connectivity index is 1.32. The van der Waals surface area contributed by atoms with Gasteiger partial charge in [0.05, 0.1) is 5.69 Å². The van der Waals surface area contributed by atoms with Crippen molar-refractivity contribution in [1.29, 1.82) is 0 Å². The van der Waals surface area contributed by atoms with Crippen molar-refractivity contribution < 1.29 is 4.79 Å². The van der Waals surface area contributed by atoms with Gasteiger partial charge in [-0.15, -0.1) is 11.3 Å². The van der Waals surface area contributed by atoms with Gasteiger partial charge < -0.3 is 5.32 Å². The van der Waals surface area contributed by atoms with Gasteiger partial charge >= 0.3 is 6.03 Å². The van der Waals surface area contributed by atoms with Crippen LogP contribution in [0.5, 0.6) is 0 Å². The predicted octanol–water partition coefficient (Wildman–Crippen LogP) is 4.54. The lowest BCUT2D eigenvalue weighted by molar-refractivity contribution is 0.252. The van der Waals surface area contributed by atoms with Crippen molar-refractivity contribution in [3.8, 4) is 0 Å². The standard InChI is InChI=1S/C19H19N3OS/c23-18(22-19-21-17(12-24-19)15-8-9-15)20-11-10-14-6-3-5-13-4-1-2-7-16(13)14/h1-7,12,15H,8-11H2,(H2,20,21,22,23). The number of nitrogens with one attached hydrogen (secondary N) is 2. The van der Waals surface area contributed by atoms with Crippen LogP contribution in [-0.4, -0.2) is 17.6 Å². The maximum absolute atomic E-state index is 12.0. The fourth-order valence-corrected chi connectivity index (χ4v) is 3.66. The third-order valence-electron chi connectivity index (χ3n) is 4.30. The lowest BCUT2D eigenvalue weighted by atomic mass is 10.0. The first-order chi connectivity index (χ1) is 11.8. The quantitative estimate of drug-likeness (QED) is 0.718. The van der Waals surface area contributed by atoms with E-state index in [-0.39, 0.29) is 6.03 Å². The van der Waals surface area contributed by atoms with E-state index in [4.69, 9.17) is 0 Å². The molecule has 0 spiro atoms. The van der Waals surface area contributed by atoms with Crippen LogP contribution in [0.2, 0.25) is 0 Å². The minimum Gasteiger partial charge on any atom is -0.337 e. The monoisotopic (exact) mass is 337 g/mol. The van der Waals surface area contributed by atoms with Crippen LogP contribution in [0.25, 0.3) is 10.8 Å². The molecule has 1 fully saturated rings. The smallest absolute Gasteiger partial charge is 0.321 e. The van der Waals surface area contributed by atoms with Gasteiger partial charge in [-0.05, 0) is 35.6 Å². The summed E-state index contributed by atoms with van der Waals surface area (Å²) in [5, 5.41) is 10.9. The first-order valence-corrected chi connectivity index (χ1v) is 9.14. The maximum Gasteiger partial charge on any atom is 0.321 e. The van der Waals surface area contributed by atoms with Crippen LogP contribution >= 0.6 is 11.3 Å². The topological polar surface area (TPSA) is 54.0 Å². The molecular weight excluding hydrogens is 318 g/mol. The number of rotatable bonds is 5. The Bertz CT molecular complexity index is 864. The molecule has 122 valence electrons. The number of fused-ring (bicyclic) bond motifs is 1. The van der Waals surface area contributed by atoms with Gasteiger partial charge in [0, 0.05) is 17.8 Å². The summed E-state index contributed by atoms with van der Waals surface area (Å²) in [7, 11) is 0. The summed E-state index contributed by atoms with van der Waals surface area (Å²) in [6, 6.07) is 14.4. The number of hydrogen-bond donors (Lipinski definition) is 2. The lowest BCUT2D eigenvalue weighted by Gasteiger charge is -2.08. The molecule has 1 aliphatic rings. The number of urea groups is 1. The summed E-state index contributed by atoms with van der Waals surface area (Å²) < 4.78 is 0. The van der Waals surface area contributed by atoms with Gasteiger partial charge in [0.15, 0.2) is 5.13 Å². The number of thiazole rings is 1. The zero-order valence-corrected chi connectivity index (χ0v) is 14.1. The van der Waals surface area contributed by atoms with Crippen molar-refractivity contribution in [2.45, 2.75) is 25.2 Å². The SMILES string of the molecule is O=C(NCCc1cccc2ccccc12)Nc1nc(C2CC2)cs1. The highest BCUT2D eigenvalue weighted by Crippen LogP contribution is 2.40. The van der Waals surface area contributed by atoms with Gasteiger partial charge in [0.25, 0.3) is 0 Å². The van der Waals surface area contributed by atoms with E-state index < -0.39 is 0 Å². The van der Waals surface area contributed by atoms with E-state index in [0.717, 1.165) is 12.1 Å². The summed E-state index contributed by atoms with van der Waals surface area (Å²) in [4.78, 5) is 16.5. The van der Waals surface area contributed by atoms with Crippen molar-refractivity contribution in [2.24, 2.45) is 0 Å². The highest BCUT2D eigenvalue weighted by molar-refractivity contribution is 7.13. The first kappa shape index (κ1) is 15.1. The van der Waals surface area contributed by atoms with Gasteiger partial charge in [-0.1, -0.05) is 42.5 Å². The lowest BCUT2D eigenvalue weighted by Crippen LogP contribution is -2.30. The number of carbonyl (C=O) groups is 1. The molecule has 2 amide bonds. The summed E-state index contributed by atoms with van der Waals surface area (Å²) in [5.74, 6) is 0.617. The molecule has 0 unspecified atom stereocenters. The molecule has 1 saturated carbocycles. The fraction of sp³-hybridized carbons (Fsp3) is 0.263. The molecule has 0 radical (unpaired) electrons. The second-order valence-corrected chi connectivity index (χ2v) is 6.98. The van der Waals surface area contributed by atoms with E-state index >= 15 is 0 Å². The van der Waals surface area contributed by atoms with Crippen LogP contribution in [0, 0.1) is 0 Å². The Morgan fingerprint density at radius 1 is 1.17 bits per heavy atom. The summed E-state index contributed by atoms with van der Waals surface area (Å²) >= 11 is 1.49. The largest absolute Gasteiger partial charge is 0.337 e. The van der Waals surface area contributed by atoms with E-state index in [0.29, 0.717) is 17.6 Å². The van der Waals surface area contributed by atoms with Crippen LogP contribution in [-0.2, 0) is 6.42 Å². The molecule has 1 heterocycles. The molecule has 4 rings (SSSR count). The van der Waals surface area contributed by atoms with Crippen molar-refractivity contribution in [2.75, 3.05) is 11.9 Å². The van der Waals surface area contributed by atoms with Crippen LogP contribution in [0.15, 0.2) is 47.8 Å². The summed E-state index contributed by atoms with van der Waals surface area (Å²) in [6.07, 6.45) is 3.25. The molecule has 4 nitrogen and oxygen atoms in total. The molecule has 0 bridgehead atoms. The molecular formula is C19H19N3OS. The van der Waals surface area contributed by atoms with Gasteiger partial charge in [-0.3, -0.25) is 5.32 Å². The van der Waals surface area contributed by atoms with E-state index in [9.17, 15) is 4.79 Å². The summed E-state index contributed by atoms with van der Waals surface area (Å²) in [6.45, 7) is 0.598. The van der Waals surface area contributed by atoms with Gasteiger partial charge in [0.2, 0.25) is 0 Å². The predicted molar refractivity (Wildman–Crippen MR) is 98.8 cm³/mol. The van der Waals surface area contributed by atoms with Gasteiger partial charge in [-0.25, -0.2) is 9.78 Å². The maximum atomic E-state index is 12.0. The molecule has 0 atom stereocenters. The van der Waals surface area contributed by atoms with Gasteiger partial charge in [0.1, 0.15) is 0 Å². The Morgan fingerprint density at radius 2 is 2.00 bits per heavy atom. The number of aromatic nitrogens is 1. The Morgan fingerprint density at radius 3 is 2.88 bits per heavy atom. The van der Waals surface area contributed by atoms with Crippen LogP contribution in [0.4, 0.5) is 9.93 Å². The second-order valence-electron chi connectivity index (χ2n) is 6.12. The fourth-order valence-electron chi connectivity index (χ4n) is 2.87. The third kappa shape index (κ3) is 3.41. The molecule has 1 aromatic heterocycles. The zero-order valence-electron chi connectivity index (χ0n) is 13.3. The molecule has 2 N–H and O–H groups in total. The Hall–Kier alpha value is -2.40. The average molecular weight is 337 g/mol. The van der Waals surface area contributed by atoms with Crippen LogP contribution in [0.3, 0.4) is 0 Å². The van der Waals surface area contributed by atoms with E-state index in [1.807, 2.05) is 17.5 Å². The summed E-state index contributed by atoms with van der Waals surface area (Å²) in [5.41, 5.74) is 2.37. The molecule has 5 heteroatoms. The average Bonchev–Trinajstić information content (AvgIpc) is 3.35. The highest BCUT2D eigenvalue weighted by atomic mass is 32.1. The number of carbonyl (C=O) groups excluding carboxylic acids is 1.